The standard InChI is InChI=1S/C2H9P3/c3-1-5-2-4/h5H,1-4H2. The predicted molar refractivity (Wildman–Crippen MR) is 37.5 cm³/mol. The highest BCUT2D eigenvalue weighted by Gasteiger charge is 1.66. The monoisotopic (exact) mass is 126 g/mol. The van der Waals surface area contributed by atoms with Gasteiger partial charge in [-0.1, -0.05) is 0 Å². The molecule has 2 atom stereocenters. The first-order chi connectivity index (χ1) is 2.41. The first kappa shape index (κ1) is 6.29. The predicted octanol–water partition coefficient (Wildman–Crippen LogP) is 1.33. The molecule has 0 aliphatic heterocycles. The Morgan fingerprint density at radius 3 is 1.60 bits per heavy atom. The molecule has 0 aromatic heterocycles. The topological polar surface area (TPSA) is 0 Å². The Bertz CT molecular complexity index is 12.4. The number of hydrogen-bond donors (Lipinski definition) is 0. The molecule has 0 fully saturated rings. The first-order valence-electron chi connectivity index (χ1n) is 1.52. The van der Waals surface area contributed by atoms with Gasteiger partial charge < -0.3 is 0 Å². The van der Waals surface area contributed by atoms with Gasteiger partial charge in [0.25, 0.3) is 0 Å². The van der Waals surface area contributed by atoms with E-state index in [-0.39, 0.29) is 0 Å². The van der Waals surface area contributed by atoms with Gasteiger partial charge in [-0.2, -0.15) is 0 Å². The fraction of sp³-hybridized carbons (Fsp3) is 1.00. The highest BCUT2D eigenvalue weighted by Crippen LogP contribution is 2.14. The molecule has 0 heterocycles. The molecular weight excluding hydrogens is 117 g/mol. The van der Waals surface area contributed by atoms with E-state index in [1.54, 1.807) is 0 Å². The van der Waals surface area contributed by atoms with Crippen molar-refractivity contribution in [3.05, 3.63) is 0 Å². The van der Waals surface area contributed by atoms with Crippen LogP contribution in [0.3, 0.4) is 0 Å². The van der Waals surface area contributed by atoms with Crippen molar-refractivity contribution in [3.8, 4) is 0 Å². The van der Waals surface area contributed by atoms with Crippen LogP contribution in [0.25, 0.3) is 0 Å². The fourth-order valence-corrected chi connectivity index (χ4v) is 2.25. The van der Waals surface area contributed by atoms with E-state index in [0.717, 1.165) is 8.58 Å². The molecule has 5 heavy (non-hydrogen) atoms. The third-order valence-electron chi connectivity index (χ3n) is 0.289. The van der Waals surface area contributed by atoms with E-state index in [2.05, 4.69) is 18.5 Å². The van der Waals surface area contributed by atoms with Gasteiger partial charge in [-0.3, -0.25) is 0 Å². The van der Waals surface area contributed by atoms with Crippen LogP contribution < -0.4 is 0 Å². The van der Waals surface area contributed by atoms with Gasteiger partial charge in [0.2, 0.25) is 0 Å². The Balaban J connectivity index is 2.19. The van der Waals surface area contributed by atoms with E-state index in [9.17, 15) is 0 Å². The van der Waals surface area contributed by atoms with E-state index in [4.69, 9.17) is 0 Å². The van der Waals surface area contributed by atoms with Crippen LogP contribution in [-0.4, -0.2) is 11.8 Å². The van der Waals surface area contributed by atoms with E-state index < -0.39 is 0 Å². The quantitative estimate of drug-likeness (QED) is 0.489. The van der Waals surface area contributed by atoms with Crippen molar-refractivity contribution in [3.63, 3.8) is 0 Å². The fourth-order valence-electron chi connectivity index (χ4n) is 0.0833. The molecule has 0 amide bonds. The van der Waals surface area contributed by atoms with Crippen LogP contribution in [0.5, 0.6) is 0 Å². The molecule has 0 saturated heterocycles. The lowest BCUT2D eigenvalue weighted by Gasteiger charge is -1.80. The van der Waals surface area contributed by atoms with Crippen LogP contribution in [0.2, 0.25) is 0 Å². The van der Waals surface area contributed by atoms with Crippen LogP contribution >= 0.6 is 27.1 Å². The Kier molecular flexibility index (Phi) is 6.65. The summed E-state index contributed by atoms with van der Waals surface area (Å²) in [7, 11) is 6.52. The molecule has 0 aromatic rings. The zero-order valence-corrected chi connectivity index (χ0v) is 6.38. The summed E-state index contributed by atoms with van der Waals surface area (Å²) in [5, 5.41) is 0. The molecule has 3 heteroatoms. The maximum absolute atomic E-state index is 2.70. The average Bonchev–Trinajstić information content (AvgIpc) is 1.41. The Hall–Kier alpha value is 1.29. The maximum atomic E-state index is 2.70. The third kappa shape index (κ3) is 5.29. The second-order valence-corrected chi connectivity index (χ2v) is 4.42. The molecule has 0 rings (SSSR count). The van der Waals surface area contributed by atoms with Crippen molar-refractivity contribution < 1.29 is 0 Å². The smallest absolute Gasteiger partial charge is 0.0200 e. The normalized spacial score (nSPS) is 8.40. The van der Waals surface area contributed by atoms with Crippen LogP contribution in [0.1, 0.15) is 0 Å². The first-order valence-corrected chi connectivity index (χ1v) is 4.57. The molecule has 0 spiro atoms. The highest BCUT2D eigenvalue weighted by molar-refractivity contribution is 7.55. The highest BCUT2D eigenvalue weighted by atomic mass is 31.1. The Labute approximate surface area is 39.7 Å². The van der Waals surface area contributed by atoms with Crippen molar-refractivity contribution in [1.82, 2.24) is 0 Å². The lowest BCUT2D eigenvalue weighted by atomic mass is 11.9. The van der Waals surface area contributed by atoms with Crippen LogP contribution in [0.4, 0.5) is 0 Å². The van der Waals surface area contributed by atoms with Gasteiger partial charge in [0.15, 0.2) is 0 Å². The summed E-state index contributed by atoms with van der Waals surface area (Å²) in [4.78, 5) is 0. The molecule has 2 unspecified atom stereocenters. The average molecular weight is 126 g/mol. The summed E-state index contributed by atoms with van der Waals surface area (Å²) in [6.45, 7) is 0. The molecule has 0 aliphatic carbocycles. The van der Waals surface area contributed by atoms with Gasteiger partial charge in [-0.25, -0.2) is 0 Å². The van der Waals surface area contributed by atoms with Gasteiger partial charge in [-0.05, 0) is 11.8 Å². The van der Waals surface area contributed by atoms with Gasteiger partial charge >= 0.3 is 0 Å². The van der Waals surface area contributed by atoms with Crippen molar-refractivity contribution in [2.24, 2.45) is 0 Å². The molecule has 0 saturated carbocycles. The zero-order valence-electron chi connectivity index (χ0n) is 3.07. The lowest BCUT2D eigenvalue weighted by molar-refractivity contribution is 2.13. The number of hydrogen-bond acceptors (Lipinski definition) is 0. The molecular formula is C2H9P3. The Morgan fingerprint density at radius 2 is 1.60 bits per heavy atom. The van der Waals surface area contributed by atoms with Gasteiger partial charge in [0.05, 0.1) is 0 Å². The van der Waals surface area contributed by atoms with E-state index in [1.807, 2.05) is 0 Å². The van der Waals surface area contributed by atoms with E-state index in [1.165, 1.54) is 11.8 Å². The van der Waals surface area contributed by atoms with Crippen molar-refractivity contribution >= 4 is 27.1 Å². The summed E-state index contributed by atoms with van der Waals surface area (Å²) >= 11 is 0. The summed E-state index contributed by atoms with van der Waals surface area (Å²) < 4.78 is 0. The molecule has 0 aliphatic rings. The molecule has 0 N–H and O–H groups in total. The van der Waals surface area contributed by atoms with Crippen molar-refractivity contribution in [1.29, 1.82) is 0 Å². The van der Waals surface area contributed by atoms with Crippen LogP contribution in [0, 0.1) is 0 Å². The minimum atomic E-state index is 1.12. The van der Waals surface area contributed by atoms with Crippen LogP contribution in [-0.2, 0) is 0 Å². The largest absolute Gasteiger partial charge is 0.133 e. The summed E-state index contributed by atoms with van der Waals surface area (Å²) in [6, 6.07) is 0. The third-order valence-corrected chi connectivity index (χ3v) is 2.60. The minimum absolute atomic E-state index is 1.12. The maximum Gasteiger partial charge on any atom is -0.0200 e. The SMILES string of the molecule is PCPCP. The second-order valence-electron chi connectivity index (χ2n) is 0.658. The summed E-state index contributed by atoms with van der Waals surface area (Å²) in [5.74, 6) is 2.53. The second kappa shape index (κ2) is 5.29. The van der Waals surface area contributed by atoms with Gasteiger partial charge in [-0.15, -0.1) is 27.1 Å². The van der Waals surface area contributed by atoms with Crippen LogP contribution in [0.15, 0.2) is 0 Å². The summed E-state index contributed by atoms with van der Waals surface area (Å²) in [6.07, 6.45) is 0. The van der Waals surface area contributed by atoms with Gasteiger partial charge in [0, 0.05) is 0 Å². The Morgan fingerprint density at radius 1 is 1.20 bits per heavy atom. The molecule has 0 nitrogen and oxygen atoms in total. The summed E-state index contributed by atoms with van der Waals surface area (Å²) in [5.41, 5.74) is 0. The minimum Gasteiger partial charge on any atom is -0.133 e. The molecule has 32 valence electrons. The van der Waals surface area contributed by atoms with E-state index in [0.29, 0.717) is 0 Å². The molecule has 0 aromatic carbocycles. The van der Waals surface area contributed by atoms with E-state index >= 15 is 0 Å². The lowest BCUT2D eigenvalue weighted by Crippen LogP contribution is -1.48. The zero-order chi connectivity index (χ0) is 4.12. The molecule has 0 radical (unpaired) electrons. The van der Waals surface area contributed by atoms with Crippen molar-refractivity contribution in [2.45, 2.75) is 0 Å². The van der Waals surface area contributed by atoms with Crippen molar-refractivity contribution in [2.75, 3.05) is 11.8 Å². The number of rotatable bonds is 2. The van der Waals surface area contributed by atoms with Gasteiger partial charge in [0.1, 0.15) is 0 Å². The molecule has 0 bridgehead atoms.